The van der Waals surface area contributed by atoms with Gasteiger partial charge in [-0.2, -0.15) is 0 Å². The second-order valence-electron chi connectivity index (χ2n) is 3.22. The first-order chi connectivity index (χ1) is 7.25. The van der Waals surface area contributed by atoms with Crippen LogP contribution in [0.4, 0.5) is 0 Å². The molecule has 0 amide bonds. The number of furan rings is 1. The van der Waals surface area contributed by atoms with Crippen LogP contribution in [-0.4, -0.2) is 4.98 Å². The smallest absolute Gasteiger partial charge is 0.139 e. The van der Waals surface area contributed by atoms with Crippen LogP contribution >= 0.6 is 27.5 Å². The van der Waals surface area contributed by atoms with Crippen molar-refractivity contribution in [1.29, 1.82) is 0 Å². The Labute approximate surface area is 99.0 Å². The fraction of sp³-hybridized carbons (Fsp3) is 0. The SMILES string of the molecule is Clc1ccc2c(c1)oc1ccnc(Br)c12. The highest BCUT2D eigenvalue weighted by Crippen LogP contribution is 2.33. The third-order valence-corrected chi connectivity index (χ3v) is 3.14. The van der Waals surface area contributed by atoms with Gasteiger partial charge in [-0.3, -0.25) is 0 Å². The van der Waals surface area contributed by atoms with Crippen molar-refractivity contribution in [3.05, 3.63) is 40.1 Å². The number of hydrogen-bond donors (Lipinski definition) is 0. The number of fused-ring (bicyclic) bond motifs is 3. The highest BCUT2D eigenvalue weighted by Gasteiger charge is 2.10. The first-order valence-corrected chi connectivity index (χ1v) is 5.55. The van der Waals surface area contributed by atoms with Crippen molar-refractivity contribution >= 4 is 49.5 Å². The third-order valence-electron chi connectivity index (χ3n) is 2.30. The van der Waals surface area contributed by atoms with E-state index in [1.165, 1.54) is 0 Å². The lowest BCUT2D eigenvalue weighted by molar-refractivity contribution is 0.668. The van der Waals surface area contributed by atoms with Crippen LogP contribution in [0, 0.1) is 0 Å². The zero-order valence-corrected chi connectivity index (χ0v) is 9.84. The number of aromatic nitrogens is 1. The molecule has 0 bridgehead atoms. The van der Waals surface area contributed by atoms with Gasteiger partial charge in [0.1, 0.15) is 15.8 Å². The molecular weight excluding hydrogens is 277 g/mol. The Hall–Kier alpha value is -1.06. The molecule has 2 nitrogen and oxygen atoms in total. The number of hydrogen-bond acceptors (Lipinski definition) is 2. The average molecular weight is 283 g/mol. The van der Waals surface area contributed by atoms with Crippen LogP contribution < -0.4 is 0 Å². The van der Waals surface area contributed by atoms with Crippen molar-refractivity contribution in [2.75, 3.05) is 0 Å². The Kier molecular flexibility index (Phi) is 1.97. The third kappa shape index (κ3) is 1.34. The van der Waals surface area contributed by atoms with Crippen molar-refractivity contribution in [3.8, 4) is 0 Å². The van der Waals surface area contributed by atoms with E-state index in [9.17, 15) is 0 Å². The minimum atomic E-state index is 0.672. The zero-order valence-electron chi connectivity index (χ0n) is 7.50. The minimum Gasteiger partial charge on any atom is -0.456 e. The summed E-state index contributed by atoms with van der Waals surface area (Å²) in [6.45, 7) is 0. The van der Waals surface area contributed by atoms with Crippen LogP contribution in [-0.2, 0) is 0 Å². The molecule has 0 aliphatic heterocycles. The summed E-state index contributed by atoms with van der Waals surface area (Å²) >= 11 is 9.31. The molecule has 1 aromatic carbocycles. The Balaban J connectivity index is 2.59. The summed E-state index contributed by atoms with van der Waals surface area (Å²) in [4.78, 5) is 4.18. The summed E-state index contributed by atoms with van der Waals surface area (Å²) in [6, 6.07) is 7.44. The van der Waals surface area contributed by atoms with E-state index >= 15 is 0 Å². The van der Waals surface area contributed by atoms with E-state index in [2.05, 4.69) is 20.9 Å². The molecule has 0 spiro atoms. The van der Waals surface area contributed by atoms with Gasteiger partial charge in [-0.15, -0.1) is 0 Å². The average Bonchev–Trinajstić information content (AvgIpc) is 2.56. The molecule has 2 heterocycles. The Morgan fingerprint density at radius 3 is 2.93 bits per heavy atom. The standard InChI is InChI=1S/C11H5BrClNO/c12-11-10-7-2-1-6(13)5-9(7)15-8(10)3-4-14-11/h1-5H. The number of benzene rings is 1. The van der Waals surface area contributed by atoms with E-state index in [1.54, 1.807) is 6.20 Å². The first-order valence-electron chi connectivity index (χ1n) is 4.38. The molecule has 0 aliphatic carbocycles. The molecule has 0 fully saturated rings. The first kappa shape index (κ1) is 9.19. The van der Waals surface area contributed by atoms with Gasteiger partial charge in [0.25, 0.3) is 0 Å². The molecule has 0 saturated carbocycles. The van der Waals surface area contributed by atoms with Gasteiger partial charge in [0.2, 0.25) is 0 Å². The molecule has 3 aromatic rings. The maximum Gasteiger partial charge on any atom is 0.139 e. The summed E-state index contributed by atoms with van der Waals surface area (Å²) in [7, 11) is 0. The van der Waals surface area contributed by atoms with Crippen LogP contribution in [0.2, 0.25) is 5.02 Å². The van der Waals surface area contributed by atoms with Crippen LogP contribution in [0.3, 0.4) is 0 Å². The number of pyridine rings is 1. The lowest BCUT2D eigenvalue weighted by Gasteiger charge is -1.91. The van der Waals surface area contributed by atoms with Gasteiger partial charge in [-0.05, 0) is 34.1 Å². The quantitative estimate of drug-likeness (QED) is 0.571. The molecule has 0 N–H and O–H groups in total. The second-order valence-corrected chi connectivity index (χ2v) is 4.41. The number of nitrogens with zero attached hydrogens (tertiary/aromatic N) is 1. The van der Waals surface area contributed by atoms with E-state index in [1.807, 2.05) is 24.3 Å². The van der Waals surface area contributed by atoms with Gasteiger partial charge in [-0.1, -0.05) is 11.6 Å². The van der Waals surface area contributed by atoms with Crippen molar-refractivity contribution in [1.82, 2.24) is 4.98 Å². The summed E-state index contributed by atoms with van der Waals surface area (Å²) in [5.41, 5.74) is 1.60. The zero-order chi connectivity index (χ0) is 10.4. The predicted molar refractivity (Wildman–Crippen MR) is 64.2 cm³/mol. The summed E-state index contributed by atoms with van der Waals surface area (Å²) in [5, 5.41) is 2.68. The summed E-state index contributed by atoms with van der Waals surface area (Å²) in [6.07, 6.45) is 1.70. The molecule has 0 aliphatic rings. The number of halogens is 2. The topological polar surface area (TPSA) is 26.0 Å². The van der Waals surface area contributed by atoms with Gasteiger partial charge in [-0.25, -0.2) is 4.98 Å². The van der Waals surface area contributed by atoms with Crippen LogP contribution in [0.5, 0.6) is 0 Å². The minimum absolute atomic E-state index is 0.672. The van der Waals surface area contributed by atoms with Gasteiger partial charge in [0.15, 0.2) is 0 Å². The molecule has 74 valence electrons. The normalized spacial score (nSPS) is 11.3. The summed E-state index contributed by atoms with van der Waals surface area (Å²) < 4.78 is 6.45. The number of rotatable bonds is 0. The van der Waals surface area contributed by atoms with Gasteiger partial charge >= 0.3 is 0 Å². The van der Waals surface area contributed by atoms with E-state index in [0.29, 0.717) is 5.02 Å². The van der Waals surface area contributed by atoms with Gasteiger partial charge in [0.05, 0.1) is 5.39 Å². The van der Waals surface area contributed by atoms with Crippen LogP contribution in [0.15, 0.2) is 39.5 Å². The highest BCUT2D eigenvalue weighted by molar-refractivity contribution is 9.10. The Bertz CT molecular complexity index is 662. The molecule has 0 saturated heterocycles. The van der Waals surface area contributed by atoms with Crippen molar-refractivity contribution < 1.29 is 4.42 Å². The molecule has 15 heavy (non-hydrogen) atoms. The lowest BCUT2D eigenvalue weighted by Crippen LogP contribution is -1.74. The van der Waals surface area contributed by atoms with Crippen LogP contribution in [0.25, 0.3) is 21.9 Å². The van der Waals surface area contributed by atoms with Crippen molar-refractivity contribution in [2.24, 2.45) is 0 Å². The van der Waals surface area contributed by atoms with E-state index in [0.717, 1.165) is 26.5 Å². The maximum absolute atomic E-state index is 5.90. The van der Waals surface area contributed by atoms with Crippen molar-refractivity contribution in [2.45, 2.75) is 0 Å². The van der Waals surface area contributed by atoms with Crippen molar-refractivity contribution in [3.63, 3.8) is 0 Å². The predicted octanol–water partition coefficient (Wildman–Crippen LogP) is 4.40. The van der Waals surface area contributed by atoms with E-state index in [-0.39, 0.29) is 0 Å². The Morgan fingerprint density at radius 1 is 1.20 bits per heavy atom. The Morgan fingerprint density at radius 2 is 2.07 bits per heavy atom. The molecule has 3 rings (SSSR count). The molecule has 4 heteroatoms. The monoisotopic (exact) mass is 281 g/mol. The highest BCUT2D eigenvalue weighted by atomic mass is 79.9. The molecular formula is C11H5BrClNO. The van der Waals surface area contributed by atoms with Crippen LogP contribution in [0.1, 0.15) is 0 Å². The molecule has 0 atom stereocenters. The molecule has 0 unspecified atom stereocenters. The van der Waals surface area contributed by atoms with Gasteiger partial charge < -0.3 is 4.42 Å². The van der Waals surface area contributed by atoms with Gasteiger partial charge in [0, 0.05) is 22.7 Å². The van der Waals surface area contributed by atoms with E-state index < -0.39 is 0 Å². The summed E-state index contributed by atoms with van der Waals surface area (Å²) in [5.74, 6) is 0. The lowest BCUT2D eigenvalue weighted by atomic mass is 10.2. The molecule has 0 radical (unpaired) electrons. The maximum atomic E-state index is 5.90. The largest absolute Gasteiger partial charge is 0.456 e. The fourth-order valence-electron chi connectivity index (χ4n) is 1.65. The second kappa shape index (κ2) is 3.22. The van der Waals surface area contributed by atoms with E-state index in [4.69, 9.17) is 16.0 Å². The molecule has 2 aromatic heterocycles. The fourth-order valence-corrected chi connectivity index (χ4v) is 2.34.